The van der Waals surface area contributed by atoms with Crippen molar-refractivity contribution in [2.75, 3.05) is 18.8 Å². The zero-order chi connectivity index (χ0) is 12.4. The Balaban J connectivity index is 2.04. The summed E-state index contributed by atoms with van der Waals surface area (Å²) in [5, 5.41) is 0.453. The van der Waals surface area contributed by atoms with Gasteiger partial charge in [0.05, 0.1) is 12.2 Å². The van der Waals surface area contributed by atoms with Crippen LogP contribution in [-0.4, -0.2) is 35.2 Å². The molecular formula is C12H18ClN3O. The van der Waals surface area contributed by atoms with E-state index in [9.17, 15) is 0 Å². The number of nitrogen functional groups attached to an aromatic ring is 1. The minimum Gasteiger partial charge on any atom is -0.384 e. The first-order valence-electron chi connectivity index (χ1n) is 5.82. The number of nitrogens with zero attached hydrogens (tertiary/aromatic N) is 2. The van der Waals surface area contributed by atoms with Crippen LogP contribution in [-0.2, 0) is 11.3 Å². The van der Waals surface area contributed by atoms with Crippen LogP contribution >= 0.6 is 11.6 Å². The monoisotopic (exact) mass is 255 g/mol. The average molecular weight is 256 g/mol. The number of anilines is 1. The second-order valence-electron chi connectivity index (χ2n) is 4.67. The van der Waals surface area contributed by atoms with Crippen molar-refractivity contribution in [1.82, 2.24) is 9.88 Å². The highest BCUT2D eigenvalue weighted by atomic mass is 35.5. The molecule has 17 heavy (non-hydrogen) atoms. The number of morpholine rings is 1. The molecule has 0 saturated carbocycles. The van der Waals surface area contributed by atoms with Gasteiger partial charge in [-0.2, -0.15) is 0 Å². The Kier molecular flexibility index (Phi) is 3.86. The predicted octanol–water partition coefficient (Wildman–Crippen LogP) is 1.93. The molecule has 1 fully saturated rings. The van der Waals surface area contributed by atoms with E-state index in [1.807, 2.05) is 12.1 Å². The van der Waals surface area contributed by atoms with Crippen LogP contribution in [0.4, 0.5) is 5.82 Å². The van der Waals surface area contributed by atoms with E-state index >= 15 is 0 Å². The number of aromatic nitrogens is 1. The molecule has 2 rings (SSSR count). The second-order valence-corrected chi connectivity index (χ2v) is 5.06. The Morgan fingerprint density at radius 1 is 1.41 bits per heavy atom. The highest BCUT2D eigenvalue weighted by Gasteiger charge is 2.22. The SMILES string of the molecule is CC1CN(Cc2cc(N)nc(Cl)c2)CC(C)O1. The first-order valence-corrected chi connectivity index (χ1v) is 6.20. The first-order chi connectivity index (χ1) is 8.02. The number of ether oxygens (including phenoxy) is 1. The van der Waals surface area contributed by atoms with Gasteiger partial charge in [0.25, 0.3) is 0 Å². The molecule has 1 aromatic rings. The standard InChI is InChI=1S/C12H18ClN3O/c1-8-5-16(6-9(2)17-8)7-10-3-11(13)15-12(14)4-10/h3-4,8-9H,5-7H2,1-2H3,(H2,14,15). The molecule has 2 unspecified atom stereocenters. The largest absolute Gasteiger partial charge is 0.384 e. The highest BCUT2D eigenvalue weighted by Crippen LogP contribution is 2.17. The number of pyridine rings is 1. The first kappa shape index (κ1) is 12.6. The topological polar surface area (TPSA) is 51.4 Å². The molecule has 0 aliphatic carbocycles. The zero-order valence-corrected chi connectivity index (χ0v) is 10.9. The van der Waals surface area contributed by atoms with Gasteiger partial charge in [-0.05, 0) is 31.5 Å². The smallest absolute Gasteiger partial charge is 0.131 e. The molecule has 0 aromatic carbocycles. The van der Waals surface area contributed by atoms with E-state index in [1.54, 1.807) is 0 Å². The minimum absolute atomic E-state index is 0.272. The third-order valence-electron chi connectivity index (χ3n) is 2.78. The fourth-order valence-corrected chi connectivity index (χ4v) is 2.57. The van der Waals surface area contributed by atoms with Crippen molar-refractivity contribution in [1.29, 1.82) is 0 Å². The number of hydrogen-bond acceptors (Lipinski definition) is 4. The third kappa shape index (κ3) is 3.56. The van der Waals surface area contributed by atoms with Gasteiger partial charge in [-0.15, -0.1) is 0 Å². The lowest BCUT2D eigenvalue weighted by Gasteiger charge is -2.35. The van der Waals surface area contributed by atoms with Crippen molar-refractivity contribution in [3.63, 3.8) is 0 Å². The van der Waals surface area contributed by atoms with Gasteiger partial charge in [-0.3, -0.25) is 4.90 Å². The lowest BCUT2D eigenvalue weighted by atomic mass is 10.2. The average Bonchev–Trinajstić information content (AvgIpc) is 2.13. The van der Waals surface area contributed by atoms with Crippen LogP contribution in [0.3, 0.4) is 0 Å². The summed E-state index contributed by atoms with van der Waals surface area (Å²) in [6.45, 7) is 6.89. The predicted molar refractivity (Wildman–Crippen MR) is 68.9 cm³/mol. The molecule has 1 saturated heterocycles. The molecule has 4 nitrogen and oxygen atoms in total. The maximum absolute atomic E-state index is 5.89. The van der Waals surface area contributed by atoms with Gasteiger partial charge in [-0.25, -0.2) is 4.98 Å². The lowest BCUT2D eigenvalue weighted by molar-refractivity contribution is -0.0704. The van der Waals surface area contributed by atoms with E-state index in [4.69, 9.17) is 22.1 Å². The summed E-state index contributed by atoms with van der Waals surface area (Å²) in [7, 11) is 0. The molecular weight excluding hydrogens is 238 g/mol. The summed E-state index contributed by atoms with van der Waals surface area (Å²) in [6, 6.07) is 3.74. The third-order valence-corrected chi connectivity index (χ3v) is 2.97. The molecule has 5 heteroatoms. The molecule has 1 aromatic heterocycles. The van der Waals surface area contributed by atoms with Crippen LogP contribution in [0.1, 0.15) is 19.4 Å². The minimum atomic E-state index is 0.272. The highest BCUT2D eigenvalue weighted by molar-refractivity contribution is 6.29. The van der Waals surface area contributed by atoms with E-state index in [1.165, 1.54) is 0 Å². The Hall–Kier alpha value is -0.840. The zero-order valence-electron chi connectivity index (χ0n) is 10.2. The Morgan fingerprint density at radius 3 is 2.65 bits per heavy atom. The van der Waals surface area contributed by atoms with Gasteiger partial charge in [0.1, 0.15) is 11.0 Å². The van der Waals surface area contributed by atoms with E-state index in [0.717, 1.165) is 25.2 Å². The molecule has 0 amide bonds. The molecule has 2 heterocycles. The van der Waals surface area contributed by atoms with E-state index in [-0.39, 0.29) is 12.2 Å². The van der Waals surface area contributed by atoms with Crippen molar-refractivity contribution in [3.8, 4) is 0 Å². The van der Waals surface area contributed by atoms with Crippen molar-refractivity contribution in [2.45, 2.75) is 32.6 Å². The Bertz CT molecular complexity index is 369. The summed E-state index contributed by atoms with van der Waals surface area (Å²) in [5.41, 5.74) is 6.78. The molecule has 2 N–H and O–H groups in total. The number of hydrogen-bond donors (Lipinski definition) is 1. The number of rotatable bonds is 2. The van der Waals surface area contributed by atoms with Crippen LogP contribution in [0, 0.1) is 0 Å². The maximum atomic E-state index is 5.89. The van der Waals surface area contributed by atoms with Crippen LogP contribution in [0.5, 0.6) is 0 Å². The quantitative estimate of drug-likeness (QED) is 0.821. The fourth-order valence-electron chi connectivity index (χ4n) is 2.34. The van der Waals surface area contributed by atoms with Crippen LogP contribution < -0.4 is 5.73 Å². The maximum Gasteiger partial charge on any atom is 0.131 e. The lowest BCUT2D eigenvalue weighted by Crippen LogP contribution is -2.44. The van der Waals surface area contributed by atoms with Crippen LogP contribution in [0.25, 0.3) is 0 Å². The molecule has 0 bridgehead atoms. The van der Waals surface area contributed by atoms with Crippen LogP contribution in [0.15, 0.2) is 12.1 Å². The van der Waals surface area contributed by atoms with E-state index in [0.29, 0.717) is 11.0 Å². The van der Waals surface area contributed by atoms with Crippen LogP contribution in [0.2, 0.25) is 5.15 Å². The van der Waals surface area contributed by atoms with Gasteiger partial charge in [-0.1, -0.05) is 11.6 Å². The second kappa shape index (κ2) is 5.21. The molecule has 2 atom stereocenters. The van der Waals surface area contributed by atoms with Gasteiger partial charge in [0, 0.05) is 19.6 Å². The van der Waals surface area contributed by atoms with E-state index < -0.39 is 0 Å². The summed E-state index contributed by atoms with van der Waals surface area (Å²) >= 11 is 5.89. The van der Waals surface area contributed by atoms with Gasteiger partial charge in [0.2, 0.25) is 0 Å². The van der Waals surface area contributed by atoms with Crippen molar-refractivity contribution in [3.05, 3.63) is 22.8 Å². The van der Waals surface area contributed by atoms with E-state index in [2.05, 4.69) is 23.7 Å². The normalized spacial score (nSPS) is 26.1. The van der Waals surface area contributed by atoms with Gasteiger partial charge in [0.15, 0.2) is 0 Å². The van der Waals surface area contributed by atoms with Gasteiger partial charge >= 0.3 is 0 Å². The van der Waals surface area contributed by atoms with Gasteiger partial charge < -0.3 is 10.5 Å². The summed E-state index contributed by atoms with van der Waals surface area (Å²) in [5.74, 6) is 0.474. The van der Waals surface area contributed by atoms with Crippen molar-refractivity contribution >= 4 is 17.4 Å². The molecule has 0 spiro atoms. The molecule has 94 valence electrons. The van der Waals surface area contributed by atoms with Crippen molar-refractivity contribution < 1.29 is 4.74 Å². The Morgan fingerprint density at radius 2 is 2.06 bits per heavy atom. The molecule has 1 aliphatic heterocycles. The number of nitrogens with two attached hydrogens (primary N) is 1. The summed E-state index contributed by atoms with van der Waals surface area (Å²) in [6.07, 6.45) is 0.543. The summed E-state index contributed by atoms with van der Waals surface area (Å²) < 4.78 is 5.70. The summed E-state index contributed by atoms with van der Waals surface area (Å²) in [4.78, 5) is 6.31. The fraction of sp³-hybridized carbons (Fsp3) is 0.583. The van der Waals surface area contributed by atoms with Crippen molar-refractivity contribution in [2.24, 2.45) is 0 Å². The molecule has 1 aliphatic rings. The Labute approximate surface area is 107 Å². The number of halogens is 1. The molecule has 0 radical (unpaired) electrons.